The minimum absolute atomic E-state index is 0.326. The van der Waals surface area contributed by atoms with Crippen LogP contribution in [0, 0.1) is 11.6 Å². The second-order valence-electron chi connectivity index (χ2n) is 4.59. The van der Waals surface area contributed by atoms with Gasteiger partial charge in [-0.1, -0.05) is 12.1 Å². The summed E-state index contributed by atoms with van der Waals surface area (Å²) in [5.74, 6) is -1.49. The second kappa shape index (κ2) is 4.31. The highest BCUT2D eigenvalue weighted by Crippen LogP contribution is 2.22. The lowest BCUT2D eigenvalue weighted by Gasteiger charge is -1.96. The predicted octanol–water partition coefficient (Wildman–Crippen LogP) is 3.22. The molecule has 0 radical (unpaired) electrons. The molecule has 2 heterocycles. The topological polar surface area (TPSA) is 43.1 Å². The molecule has 0 aliphatic heterocycles. The van der Waals surface area contributed by atoms with E-state index in [4.69, 9.17) is 0 Å². The van der Waals surface area contributed by atoms with Gasteiger partial charge < -0.3 is 0 Å². The molecule has 4 nitrogen and oxygen atoms in total. The largest absolute Gasteiger partial charge is 0.236 e. The predicted molar refractivity (Wildman–Crippen MR) is 73.6 cm³/mol. The smallest absolute Gasteiger partial charge is 0.182 e. The van der Waals surface area contributed by atoms with Crippen molar-refractivity contribution in [2.75, 3.05) is 0 Å². The van der Waals surface area contributed by atoms with Gasteiger partial charge in [-0.15, -0.1) is 5.10 Å². The van der Waals surface area contributed by atoms with Crippen molar-refractivity contribution in [1.29, 1.82) is 0 Å². The van der Waals surface area contributed by atoms with Crippen LogP contribution in [0.1, 0.15) is 0 Å². The van der Waals surface area contributed by atoms with Gasteiger partial charge in [-0.3, -0.25) is 0 Å². The van der Waals surface area contributed by atoms with E-state index in [1.54, 1.807) is 6.33 Å². The Morgan fingerprint density at radius 2 is 1.81 bits per heavy atom. The number of benzene rings is 2. The highest BCUT2D eigenvalue weighted by atomic mass is 19.2. The Labute approximate surface area is 117 Å². The van der Waals surface area contributed by atoms with Crippen LogP contribution in [-0.2, 0) is 0 Å². The molecule has 2 aromatic carbocycles. The summed E-state index contributed by atoms with van der Waals surface area (Å²) in [4.78, 5) is 8.68. The lowest BCUT2D eigenvalue weighted by molar-refractivity contribution is 0.509. The summed E-state index contributed by atoms with van der Waals surface area (Å²) in [6.45, 7) is 0. The quantitative estimate of drug-likeness (QED) is 0.538. The van der Waals surface area contributed by atoms with Crippen molar-refractivity contribution >= 4 is 16.6 Å². The molecule has 0 unspecified atom stereocenters. The first-order valence-electron chi connectivity index (χ1n) is 6.28. The normalized spacial score (nSPS) is 11.3. The van der Waals surface area contributed by atoms with E-state index in [0.717, 1.165) is 23.0 Å². The summed E-state index contributed by atoms with van der Waals surface area (Å²) in [5, 5.41) is 5.11. The summed E-state index contributed by atoms with van der Waals surface area (Å²) in [6.07, 6.45) is 1.55. The van der Waals surface area contributed by atoms with Gasteiger partial charge in [-0.25, -0.2) is 23.3 Å². The van der Waals surface area contributed by atoms with Crippen molar-refractivity contribution in [3.8, 4) is 11.4 Å². The highest BCUT2D eigenvalue weighted by Gasteiger charge is 2.11. The van der Waals surface area contributed by atoms with Gasteiger partial charge >= 0.3 is 0 Å². The minimum atomic E-state index is -0.922. The number of nitrogens with zero attached hydrogens (tertiary/aromatic N) is 4. The van der Waals surface area contributed by atoms with E-state index < -0.39 is 11.6 Å². The average Bonchev–Trinajstić information content (AvgIpc) is 2.94. The molecule has 0 amide bonds. The number of hydrogen-bond donors (Lipinski definition) is 0. The maximum atomic E-state index is 13.3. The molecule has 0 N–H and O–H groups in total. The molecule has 0 spiro atoms. The van der Waals surface area contributed by atoms with Crippen LogP contribution >= 0.6 is 0 Å². The van der Waals surface area contributed by atoms with Crippen LogP contribution in [0.4, 0.5) is 8.78 Å². The Balaban J connectivity index is 1.98. The summed E-state index contributed by atoms with van der Waals surface area (Å²) in [6, 6.07) is 11.1. The molecule has 0 saturated heterocycles. The third-order valence-electron chi connectivity index (χ3n) is 3.26. The van der Waals surface area contributed by atoms with E-state index in [9.17, 15) is 8.78 Å². The van der Waals surface area contributed by atoms with Crippen LogP contribution in [0.15, 0.2) is 48.8 Å². The number of hydrogen-bond acceptors (Lipinski definition) is 3. The van der Waals surface area contributed by atoms with Crippen LogP contribution in [-0.4, -0.2) is 19.6 Å². The molecule has 4 aromatic rings. The Morgan fingerprint density at radius 1 is 0.952 bits per heavy atom. The molecule has 21 heavy (non-hydrogen) atoms. The summed E-state index contributed by atoms with van der Waals surface area (Å²) in [7, 11) is 0. The van der Waals surface area contributed by atoms with E-state index in [1.165, 1.54) is 10.6 Å². The van der Waals surface area contributed by atoms with Gasteiger partial charge in [0.15, 0.2) is 23.1 Å². The zero-order chi connectivity index (χ0) is 14.4. The third kappa shape index (κ3) is 1.84. The standard InChI is InChI=1S/C15H8F2N4/c16-11-6-5-9(7-12(11)17)14-19-15-10-3-1-2-4-13(10)18-8-21(15)20-14/h1-8H. The fourth-order valence-corrected chi connectivity index (χ4v) is 2.24. The molecule has 0 bridgehead atoms. The van der Waals surface area contributed by atoms with Crippen molar-refractivity contribution in [1.82, 2.24) is 19.6 Å². The van der Waals surface area contributed by atoms with Crippen LogP contribution in [0.2, 0.25) is 0 Å². The zero-order valence-electron chi connectivity index (χ0n) is 10.7. The lowest BCUT2D eigenvalue weighted by atomic mass is 10.2. The van der Waals surface area contributed by atoms with Crippen molar-refractivity contribution in [2.45, 2.75) is 0 Å². The van der Waals surface area contributed by atoms with Gasteiger partial charge in [0.25, 0.3) is 0 Å². The Hall–Kier alpha value is -2.89. The van der Waals surface area contributed by atoms with Gasteiger partial charge in [0.1, 0.15) is 6.33 Å². The van der Waals surface area contributed by atoms with E-state index >= 15 is 0 Å². The number of para-hydroxylation sites is 1. The second-order valence-corrected chi connectivity index (χ2v) is 4.59. The third-order valence-corrected chi connectivity index (χ3v) is 3.26. The minimum Gasteiger partial charge on any atom is -0.236 e. The molecule has 0 fully saturated rings. The van der Waals surface area contributed by atoms with Crippen LogP contribution in [0.25, 0.3) is 27.9 Å². The summed E-state index contributed by atoms with van der Waals surface area (Å²) < 4.78 is 27.8. The van der Waals surface area contributed by atoms with E-state index in [0.29, 0.717) is 17.0 Å². The molecule has 2 aromatic heterocycles. The summed E-state index contributed by atoms with van der Waals surface area (Å²) in [5.41, 5.74) is 1.84. The molecule has 0 saturated carbocycles. The van der Waals surface area contributed by atoms with E-state index in [-0.39, 0.29) is 0 Å². The number of rotatable bonds is 1. The van der Waals surface area contributed by atoms with Crippen molar-refractivity contribution in [3.63, 3.8) is 0 Å². The zero-order valence-corrected chi connectivity index (χ0v) is 10.7. The Kier molecular flexibility index (Phi) is 2.44. The van der Waals surface area contributed by atoms with Crippen LogP contribution < -0.4 is 0 Å². The van der Waals surface area contributed by atoms with Crippen molar-refractivity contribution in [3.05, 3.63) is 60.4 Å². The SMILES string of the molecule is Fc1ccc(-c2nc3c4ccccc4ncn3n2)cc1F. The van der Waals surface area contributed by atoms with E-state index in [2.05, 4.69) is 15.1 Å². The van der Waals surface area contributed by atoms with Crippen molar-refractivity contribution in [2.24, 2.45) is 0 Å². The van der Waals surface area contributed by atoms with Gasteiger partial charge in [-0.05, 0) is 30.3 Å². The lowest BCUT2D eigenvalue weighted by Crippen LogP contribution is -1.91. The molecular weight excluding hydrogens is 274 g/mol. The number of aromatic nitrogens is 4. The Bertz CT molecular complexity index is 978. The Morgan fingerprint density at radius 3 is 2.67 bits per heavy atom. The molecule has 4 rings (SSSR count). The molecule has 6 heteroatoms. The monoisotopic (exact) mass is 282 g/mol. The molecule has 102 valence electrons. The fourth-order valence-electron chi connectivity index (χ4n) is 2.24. The first-order valence-corrected chi connectivity index (χ1v) is 6.28. The molecule has 0 atom stereocenters. The van der Waals surface area contributed by atoms with Crippen LogP contribution in [0.3, 0.4) is 0 Å². The van der Waals surface area contributed by atoms with Gasteiger partial charge in [-0.2, -0.15) is 0 Å². The maximum absolute atomic E-state index is 13.3. The van der Waals surface area contributed by atoms with E-state index in [1.807, 2.05) is 24.3 Å². The van der Waals surface area contributed by atoms with Gasteiger partial charge in [0.05, 0.1) is 5.52 Å². The number of halogens is 2. The molecule has 0 aliphatic carbocycles. The van der Waals surface area contributed by atoms with Gasteiger partial charge in [0, 0.05) is 10.9 Å². The van der Waals surface area contributed by atoms with Crippen LogP contribution in [0.5, 0.6) is 0 Å². The molecular formula is C15H8F2N4. The first kappa shape index (κ1) is 11.9. The fraction of sp³-hybridized carbons (Fsp3) is 0. The molecule has 0 aliphatic rings. The van der Waals surface area contributed by atoms with Gasteiger partial charge in [0.2, 0.25) is 0 Å². The summed E-state index contributed by atoms with van der Waals surface area (Å²) >= 11 is 0. The average molecular weight is 282 g/mol. The number of fused-ring (bicyclic) bond motifs is 3. The van der Waals surface area contributed by atoms with Crippen molar-refractivity contribution < 1.29 is 8.78 Å². The highest BCUT2D eigenvalue weighted by molar-refractivity contribution is 5.91. The first-order chi connectivity index (χ1) is 10.2. The maximum Gasteiger partial charge on any atom is 0.182 e.